The first-order valence-electron chi connectivity index (χ1n) is 13.8. The van der Waals surface area contributed by atoms with Crippen molar-refractivity contribution in [3.63, 3.8) is 0 Å². The SMILES string of the molecule is COc1ccccc1C(Cn1c(=O)n(C(C)(C)C)c(=O)c2c(C)c(Br)sc21)OC1CCN(C(=O)OC(C)(C)C)CC1. The first-order valence-corrected chi connectivity index (χ1v) is 15.4. The van der Waals surface area contributed by atoms with Crippen molar-refractivity contribution in [3.8, 4) is 5.75 Å². The predicted octanol–water partition coefficient (Wildman–Crippen LogP) is 6.22. The molecule has 11 heteroatoms. The number of carbonyl (C=O) groups is 1. The van der Waals surface area contributed by atoms with E-state index in [1.54, 1.807) is 16.6 Å². The Morgan fingerprint density at radius 1 is 1.10 bits per heavy atom. The molecule has 1 aromatic carbocycles. The van der Waals surface area contributed by atoms with Crippen molar-refractivity contribution in [2.45, 2.75) is 91.2 Å². The number of likely N-dealkylation sites (tertiary alicyclic amines) is 1. The fraction of sp³-hybridized carbons (Fsp3) is 0.567. The van der Waals surface area contributed by atoms with Crippen molar-refractivity contribution in [2.75, 3.05) is 20.2 Å². The fourth-order valence-electron chi connectivity index (χ4n) is 5.12. The lowest BCUT2D eigenvalue weighted by Crippen LogP contribution is -2.48. The Balaban J connectivity index is 1.73. The standard InChI is InChI=1S/C30H40BrN3O6S/c1-18-23-25(35)34(29(2,3)4)27(36)33(26(23)41-24(18)31)17-22(20-11-9-10-12-21(20)38-8)39-19-13-15-32(16-14-19)28(37)40-30(5,6)7/h9-12,19,22H,13-17H2,1-8H3. The largest absolute Gasteiger partial charge is 0.496 e. The van der Waals surface area contributed by atoms with E-state index in [-0.39, 0.29) is 30.0 Å². The number of aromatic nitrogens is 2. The highest BCUT2D eigenvalue weighted by molar-refractivity contribution is 9.11. The number of amides is 1. The zero-order chi connectivity index (χ0) is 30.3. The Kier molecular flexibility index (Phi) is 9.11. The molecule has 0 N–H and O–H groups in total. The molecule has 41 heavy (non-hydrogen) atoms. The molecule has 3 aromatic rings. The molecule has 9 nitrogen and oxygen atoms in total. The summed E-state index contributed by atoms with van der Waals surface area (Å²) in [4.78, 5) is 42.5. The molecule has 0 spiro atoms. The first-order chi connectivity index (χ1) is 19.1. The second-order valence-corrected chi connectivity index (χ2v) is 14.7. The van der Waals surface area contributed by atoms with E-state index < -0.39 is 17.2 Å². The Morgan fingerprint density at radius 3 is 2.32 bits per heavy atom. The van der Waals surface area contributed by atoms with Crippen LogP contribution >= 0.6 is 27.3 Å². The number of ether oxygens (including phenoxy) is 3. The van der Waals surface area contributed by atoms with Crippen LogP contribution < -0.4 is 16.0 Å². The number of methoxy groups -OCH3 is 1. The smallest absolute Gasteiger partial charge is 0.410 e. The van der Waals surface area contributed by atoms with Crippen molar-refractivity contribution in [3.05, 3.63) is 60.0 Å². The van der Waals surface area contributed by atoms with Crippen molar-refractivity contribution in [2.24, 2.45) is 0 Å². The molecule has 1 aliphatic rings. The third kappa shape index (κ3) is 6.73. The van der Waals surface area contributed by atoms with Crippen LogP contribution in [0.3, 0.4) is 0 Å². The number of nitrogens with zero attached hydrogens (tertiary/aromatic N) is 3. The maximum atomic E-state index is 14.0. The van der Waals surface area contributed by atoms with E-state index in [1.807, 2.05) is 72.7 Å². The van der Waals surface area contributed by atoms with Gasteiger partial charge in [0, 0.05) is 24.2 Å². The summed E-state index contributed by atoms with van der Waals surface area (Å²) in [5, 5.41) is 0.529. The van der Waals surface area contributed by atoms with Crippen LogP contribution in [0.25, 0.3) is 10.2 Å². The normalized spacial score (nSPS) is 15.8. The number of hydrogen-bond acceptors (Lipinski definition) is 7. The summed E-state index contributed by atoms with van der Waals surface area (Å²) in [6, 6.07) is 7.62. The second kappa shape index (κ2) is 11.9. The van der Waals surface area contributed by atoms with Gasteiger partial charge in [-0.2, -0.15) is 0 Å². The van der Waals surface area contributed by atoms with Crippen LogP contribution in [0.1, 0.15) is 71.6 Å². The van der Waals surface area contributed by atoms with E-state index >= 15 is 0 Å². The molecule has 4 rings (SSSR count). The number of piperidine rings is 1. The number of halogens is 1. The van der Waals surface area contributed by atoms with Crippen LogP contribution in [0.4, 0.5) is 4.79 Å². The third-order valence-electron chi connectivity index (χ3n) is 7.11. The van der Waals surface area contributed by atoms with Crippen molar-refractivity contribution in [1.82, 2.24) is 14.0 Å². The van der Waals surface area contributed by atoms with E-state index in [4.69, 9.17) is 14.2 Å². The summed E-state index contributed by atoms with van der Waals surface area (Å²) in [5.41, 5.74) is -0.335. The van der Waals surface area contributed by atoms with E-state index in [0.717, 1.165) is 14.9 Å². The molecular formula is C30H40BrN3O6S. The third-order valence-corrected chi connectivity index (χ3v) is 9.29. The minimum atomic E-state index is -0.722. The lowest BCUT2D eigenvalue weighted by atomic mass is 10.0. The highest BCUT2D eigenvalue weighted by Crippen LogP contribution is 2.36. The Labute approximate surface area is 253 Å². The maximum Gasteiger partial charge on any atom is 0.410 e. The number of rotatable bonds is 6. The monoisotopic (exact) mass is 649 g/mol. The van der Waals surface area contributed by atoms with Crippen LogP contribution in [-0.4, -0.2) is 52.0 Å². The number of aryl methyl sites for hydroxylation is 1. The quantitative estimate of drug-likeness (QED) is 0.315. The second-order valence-electron chi connectivity index (χ2n) is 12.4. The van der Waals surface area contributed by atoms with Gasteiger partial charge in [-0.1, -0.05) is 18.2 Å². The van der Waals surface area contributed by atoms with E-state index in [9.17, 15) is 14.4 Å². The van der Waals surface area contributed by atoms with Crippen LogP contribution in [0, 0.1) is 6.92 Å². The minimum Gasteiger partial charge on any atom is -0.496 e. The van der Waals surface area contributed by atoms with Crippen molar-refractivity contribution < 1.29 is 19.0 Å². The van der Waals surface area contributed by atoms with Crippen LogP contribution in [0.2, 0.25) is 0 Å². The molecule has 224 valence electrons. The molecular weight excluding hydrogens is 610 g/mol. The first kappa shape index (κ1) is 31.3. The molecule has 0 bridgehead atoms. The van der Waals surface area contributed by atoms with Gasteiger partial charge in [-0.05, 0) is 88.9 Å². The van der Waals surface area contributed by atoms with E-state index in [0.29, 0.717) is 41.9 Å². The van der Waals surface area contributed by atoms with Crippen LogP contribution in [0.5, 0.6) is 5.75 Å². The summed E-state index contributed by atoms with van der Waals surface area (Å²) in [6.07, 6.45) is 0.229. The molecule has 3 heterocycles. The number of thiophene rings is 1. The van der Waals surface area contributed by atoms with Gasteiger partial charge in [-0.25, -0.2) is 9.59 Å². The fourth-order valence-corrected chi connectivity index (χ4v) is 6.81. The zero-order valence-corrected chi connectivity index (χ0v) is 27.5. The Morgan fingerprint density at radius 2 is 1.73 bits per heavy atom. The summed E-state index contributed by atoms with van der Waals surface area (Å²) in [5.74, 6) is 0.653. The highest BCUT2D eigenvalue weighted by atomic mass is 79.9. The number of hydrogen-bond donors (Lipinski definition) is 0. The average Bonchev–Trinajstić information content (AvgIpc) is 3.18. The molecule has 1 amide bonds. The molecule has 1 unspecified atom stereocenters. The van der Waals surface area contributed by atoms with Gasteiger partial charge in [-0.15, -0.1) is 11.3 Å². The highest BCUT2D eigenvalue weighted by Gasteiger charge is 2.32. The van der Waals surface area contributed by atoms with E-state index in [2.05, 4.69) is 15.9 Å². The van der Waals surface area contributed by atoms with Gasteiger partial charge in [0.2, 0.25) is 0 Å². The molecule has 0 radical (unpaired) electrons. The van der Waals surface area contributed by atoms with Gasteiger partial charge in [0.15, 0.2) is 0 Å². The van der Waals surface area contributed by atoms with Gasteiger partial charge in [0.25, 0.3) is 5.56 Å². The van der Waals surface area contributed by atoms with Crippen molar-refractivity contribution >= 4 is 43.6 Å². The summed E-state index contributed by atoms with van der Waals surface area (Å²) < 4.78 is 21.8. The predicted molar refractivity (Wildman–Crippen MR) is 165 cm³/mol. The van der Waals surface area contributed by atoms with Crippen LogP contribution in [0.15, 0.2) is 37.6 Å². The number of para-hydroxylation sites is 1. The topological polar surface area (TPSA) is 92.0 Å². The molecule has 2 aromatic heterocycles. The van der Waals surface area contributed by atoms with Gasteiger partial charge < -0.3 is 19.1 Å². The van der Waals surface area contributed by atoms with Gasteiger partial charge in [0.1, 0.15) is 22.3 Å². The molecule has 1 saturated heterocycles. The van der Waals surface area contributed by atoms with Crippen LogP contribution in [-0.2, 0) is 21.6 Å². The van der Waals surface area contributed by atoms with Crippen molar-refractivity contribution in [1.29, 1.82) is 0 Å². The lowest BCUT2D eigenvalue weighted by molar-refractivity contribution is -0.0543. The summed E-state index contributed by atoms with van der Waals surface area (Å²) in [6.45, 7) is 14.2. The molecule has 1 atom stereocenters. The van der Waals surface area contributed by atoms with E-state index in [1.165, 1.54) is 15.9 Å². The lowest BCUT2D eigenvalue weighted by Gasteiger charge is -2.35. The average molecular weight is 651 g/mol. The van der Waals surface area contributed by atoms with Gasteiger partial charge in [-0.3, -0.25) is 13.9 Å². The summed E-state index contributed by atoms with van der Waals surface area (Å²) >= 11 is 4.96. The van der Waals surface area contributed by atoms with Gasteiger partial charge >= 0.3 is 11.8 Å². The Bertz CT molecular complexity index is 1540. The number of benzene rings is 1. The molecule has 1 aliphatic heterocycles. The maximum absolute atomic E-state index is 14.0. The molecule has 1 fully saturated rings. The number of carbonyl (C=O) groups excluding carboxylic acids is 1. The number of fused-ring (bicyclic) bond motifs is 1. The van der Waals surface area contributed by atoms with Gasteiger partial charge in [0.05, 0.1) is 28.9 Å². The minimum absolute atomic E-state index is 0.153. The summed E-state index contributed by atoms with van der Waals surface area (Å²) in [7, 11) is 1.61. The molecule has 0 aliphatic carbocycles. The Hall–Kier alpha value is -2.63. The zero-order valence-electron chi connectivity index (χ0n) is 25.1. The molecule has 0 saturated carbocycles.